The van der Waals surface area contributed by atoms with E-state index in [-0.39, 0.29) is 17.1 Å². The molecule has 3 heterocycles. The van der Waals surface area contributed by atoms with Gasteiger partial charge in [-0.1, -0.05) is 11.6 Å². The van der Waals surface area contributed by atoms with Gasteiger partial charge in [-0.2, -0.15) is 10.1 Å². The summed E-state index contributed by atoms with van der Waals surface area (Å²) in [5.41, 5.74) is 1.18. The van der Waals surface area contributed by atoms with Gasteiger partial charge in [0, 0.05) is 30.1 Å². The van der Waals surface area contributed by atoms with Crippen LogP contribution in [0.4, 0.5) is 13.2 Å². The molecule has 1 aliphatic heterocycles. The van der Waals surface area contributed by atoms with E-state index in [0.717, 1.165) is 17.0 Å². The van der Waals surface area contributed by atoms with Crippen molar-refractivity contribution in [2.75, 3.05) is 13.1 Å². The quantitative estimate of drug-likeness (QED) is 0.650. The van der Waals surface area contributed by atoms with Gasteiger partial charge in [0.15, 0.2) is 0 Å². The molecular weight excluding hydrogens is 395 g/mol. The number of benzene rings is 1. The van der Waals surface area contributed by atoms with Crippen LogP contribution < -0.4 is 0 Å². The molecule has 0 unspecified atom stereocenters. The Kier molecular flexibility index (Phi) is 4.49. The summed E-state index contributed by atoms with van der Waals surface area (Å²) >= 11 is 5.73. The predicted molar refractivity (Wildman–Crippen MR) is 95.1 cm³/mol. The van der Waals surface area contributed by atoms with Crippen molar-refractivity contribution in [2.24, 2.45) is 0 Å². The Labute approximate surface area is 163 Å². The van der Waals surface area contributed by atoms with E-state index in [1.807, 2.05) is 0 Å². The van der Waals surface area contributed by atoms with Crippen LogP contribution in [-0.2, 0) is 0 Å². The van der Waals surface area contributed by atoms with Gasteiger partial charge >= 0.3 is 0 Å². The number of amides is 1. The molecule has 1 atom stereocenters. The number of carbonyl (C=O) groups excluding carboxylic acids is 1. The Hall–Kier alpha value is -2.68. The first-order valence-electron chi connectivity index (χ1n) is 8.53. The highest BCUT2D eigenvalue weighted by molar-refractivity contribution is 6.31. The average Bonchev–Trinajstić information content (AvgIpc) is 3.09. The molecule has 1 aromatic carbocycles. The smallest absolute Gasteiger partial charge is 0.266 e. The van der Waals surface area contributed by atoms with Crippen LogP contribution in [0.5, 0.6) is 0 Å². The molecule has 1 fully saturated rings. The Morgan fingerprint density at radius 3 is 2.86 bits per heavy atom. The van der Waals surface area contributed by atoms with Crippen molar-refractivity contribution in [3.8, 4) is 0 Å². The minimum absolute atomic E-state index is 0.0552. The lowest BCUT2D eigenvalue weighted by molar-refractivity contribution is -0.0641. The van der Waals surface area contributed by atoms with Crippen molar-refractivity contribution in [3.05, 3.63) is 58.4 Å². The van der Waals surface area contributed by atoms with E-state index in [4.69, 9.17) is 11.6 Å². The van der Waals surface area contributed by atoms with Crippen LogP contribution in [0.15, 0.2) is 30.6 Å². The van der Waals surface area contributed by atoms with Crippen LogP contribution in [0, 0.1) is 12.7 Å². The summed E-state index contributed by atoms with van der Waals surface area (Å²) in [6.45, 7) is 1.08. The number of aryl methyl sites for hydroxylation is 1. The number of rotatable bonds is 2. The summed E-state index contributed by atoms with van der Waals surface area (Å²) in [5.74, 6) is -4.76. The van der Waals surface area contributed by atoms with E-state index in [1.165, 1.54) is 16.9 Å². The lowest BCUT2D eigenvalue weighted by Gasteiger charge is -2.37. The minimum atomic E-state index is -3.09. The van der Waals surface area contributed by atoms with Crippen molar-refractivity contribution in [1.29, 1.82) is 0 Å². The number of aromatic nitrogens is 4. The maximum Gasteiger partial charge on any atom is 0.266 e. The summed E-state index contributed by atoms with van der Waals surface area (Å²) in [6.07, 6.45) is 0.870. The van der Waals surface area contributed by atoms with Crippen molar-refractivity contribution >= 4 is 23.3 Å². The average molecular weight is 410 g/mol. The molecule has 1 saturated heterocycles. The summed E-state index contributed by atoms with van der Waals surface area (Å²) in [7, 11) is 0. The highest BCUT2D eigenvalue weighted by Crippen LogP contribution is 2.37. The van der Waals surface area contributed by atoms with E-state index in [2.05, 4.69) is 15.1 Å². The zero-order valence-corrected chi connectivity index (χ0v) is 15.5. The van der Waals surface area contributed by atoms with Crippen LogP contribution in [0.25, 0.3) is 5.78 Å². The standard InChI is InChI=1S/C18H15ClF3N5O/c1-10-4-15(27-17(25-10)23-9-24-27)12-6-18(21,22)8-26(7-12)16(28)11-2-3-14(20)13(19)5-11/h2-5,9,12H,6-8H2,1H3/t12-/m0/s1. The largest absolute Gasteiger partial charge is 0.332 e. The molecule has 28 heavy (non-hydrogen) atoms. The van der Waals surface area contributed by atoms with Gasteiger partial charge < -0.3 is 4.90 Å². The Bertz CT molecular complexity index is 1070. The fraction of sp³-hybridized carbons (Fsp3) is 0.333. The molecule has 1 amide bonds. The molecule has 3 aromatic rings. The van der Waals surface area contributed by atoms with E-state index < -0.39 is 36.5 Å². The molecule has 0 radical (unpaired) electrons. The Balaban J connectivity index is 1.69. The molecule has 1 aliphatic rings. The number of fused-ring (bicyclic) bond motifs is 1. The maximum atomic E-state index is 14.5. The number of piperidine rings is 1. The minimum Gasteiger partial charge on any atom is -0.332 e. The number of hydrogen-bond donors (Lipinski definition) is 0. The molecule has 0 N–H and O–H groups in total. The number of carbonyl (C=O) groups is 1. The van der Waals surface area contributed by atoms with Crippen LogP contribution in [0.2, 0.25) is 5.02 Å². The van der Waals surface area contributed by atoms with Crippen molar-refractivity contribution in [2.45, 2.75) is 25.2 Å². The normalized spacial score (nSPS) is 19.2. The Morgan fingerprint density at radius 2 is 2.11 bits per heavy atom. The zero-order chi connectivity index (χ0) is 20.1. The number of likely N-dealkylation sites (tertiary alicyclic amines) is 1. The molecule has 0 bridgehead atoms. The highest BCUT2D eigenvalue weighted by atomic mass is 35.5. The fourth-order valence-electron chi connectivity index (χ4n) is 3.51. The number of hydrogen-bond acceptors (Lipinski definition) is 4. The van der Waals surface area contributed by atoms with Gasteiger partial charge in [-0.15, -0.1) is 0 Å². The van der Waals surface area contributed by atoms with Gasteiger partial charge in [-0.3, -0.25) is 4.79 Å². The third-order valence-electron chi connectivity index (χ3n) is 4.69. The molecule has 6 nitrogen and oxygen atoms in total. The Morgan fingerprint density at radius 1 is 1.32 bits per heavy atom. The second-order valence-corrected chi connectivity index (χ2v) is 7.27. The van der Waals surface area contributed by atoms with Crippen LogP contribution in [-0.4, -0.2) is 49.4 Å². The predicted octanol–water partition coefficient (Wildman–Crippen LogP) is 3.49. The molecule has 2 aromatic heterocycles. The lowest BCUT2D eigenvalue weighted by atomic mass is 9.91. The summed E-state index contributed by atoms with van der Waals surface area (Å²) in [6, 6.07) is 5.09. The summed E-state index contributed by atoms with van der Waals surface area (Å²) in [5, 5.41) is 3.83. The highest BCUT2D eigenvalue weighted by Gasteiger charge is 2.43. The van der Waals surface area contributed by atoms with Crippen molar-refractivity contribution < 1.29 is 18.0 Å². The topological polar surface area (TPSA) is 63.4 Å². The van der Waals surface area contributed by atoms with Gasteiger partial charge in [-0.25, -0.2) is 22.7 Å². The monoisotopic (exact) mass is 409 g/mol. The van der Waals surface area contributed by atoms with Gasteiger partial charge in [0.05, 0.1) is 17.3 Å². The molecule has 0 saturated carbocycles. The second-order valence-electron chi connectivity index (χ2n) is 6.87. The zero-order valence-electron chi connectivity index (χ0n) is 14.7. The second kappa shape index (κ2) is 6.73. The van der Waals surface area contributed by atoms with Crippen LogP contribution >= 0.6 is 11.6 Å². The molecule has 146 valence electrons. The van der Waals surface area contributed by atoms with Crippen molar-refractivity contribution in [3.63, 3.8) is 0 Å². The van der Waals surface area contributed by atoms with Gasteiger partial charge in [-0.05, 0) is 31.2 Å². The van der Waals surface area contributed by atoms with Crippen LogP contribution in [0.3, 0.4) is 0 Å². The van der Waals surface area contributed by atoms with E-state index >= 15 is 0 Å². The molecular formula is C18H15ClF3N5O. The fourth-order valence-corrected chi connectivity index (χ4v) is 3.69. The third-order valence-corrected chi connectivity index (χ3v) is 4.98. The number of alkyl halides is 2. The first-order valence-corrected chi connectivity index (χ1v) is 8.91. The first-order chi connectivity index (χ1) is 13.2. The van der Waals surface area contributed by atoms with Gasteiger partial charge in [0.25, 0.3) is 17.6 Å². The molecule has 4 rings (SSSR count). The van der Waals surface area contributed by atoms with E-state index in [0.29, 0.717) is 17.2 Å². The first kappa shape index (κ1) is 18.7. The van der Waals surface area contributed by atoms with E-state index in [1.54, 1.807) is 13.0 Å². The SMILES string of the molecule is Cc1cc([C@@H]2CN(C(=O)c3ccc(F)c(Cl)c3)CC(F)(F)C2)n2ncnc2n1. The van der Waals surface area contributed by atoms with Crippen LogP contribution in [0.1, 0.15) is 34.1 Å². The molecule has 0 spiro atoms. The number of halogens is 4. The van der Waals surface area contributed by atoms with E-state index in [9.17, 15) is 18.0 Å². The number of nitrogens with zero attached hydrogens (tertiary/aromatic N) is 5. The summed E-state index contributed by atoms with van der Waals surface area (Å²) < 4.78 is 43.8. The summed E-state index contributed by atoms with van der Waals surface area (Å²) in [4.78, 5) is 22.1. The molecule has 0 aliphatic carbocycles. The lowest BCUT2D eigenvalue weighted by Crippen LogP contribution is -2.49. The molecule has 10 heteroatoms. The van der Waals surface area contributed by atoms with Gasteiger partial charge in [0.2, 0.25) is 0 Å². The van der Waals surface area contributed by atoms with Gasteiger partial charge in [0.1, 0.15) is 12.1 Å². The van der Waals surface area contributed by atoms with Crippen molar-refractivity contribution in [1.82, 2.24) is 24.5 Å². The third kappa shape index (κ3) is 3.42. The maximum absolute atomic E-state index is 14.5.